The van der Waals surface area contributed by atoms with E-state index in [9.17, 15) is 9.18 Å². The molecule has 3 nitrogen and oxygen atoms in total. The van der Waals surface area contributed by atoms with E-state index in [0.717, 1.165) is 32.6 Å². The van der Waals surface area contributed by atoms with E-state index in [2.05, 4.69) is 21.2 Å². The second kappa shape index (κ2) is 6.41. The van der Waals surface area contributed by atoms with Crippen LogP contribution in [0.25, 0.3) is 0 Å². The topological polar surface area (TPSA) is 32.3 Å². The molecule has 0 saturated carbocycles. The van der Waals surface area contributed by atoms with Crippen molar-refractivity contribution in [2.45, 2.75) is 6.42 Å². The number of piperidine rings is 1. The van der Waals surface area contributed by atoms with Gasteiger partial charge >= 0.3 is 0 Å². The fourth-order valence-corrected chi connectivity index (χ4v) is 3.47. The Morgan fingerprint density at radius 1 is 1.35 bits per heavy atom. The van der Waals surface area contributed by atoms with Crippen LogP contribution >= 0.6 is 28.3 Å². The Bertz CT molecular complexity index is 514. The molecule has 0 radical (unpaired) electrons. The van der Waals surface area contributed by atoms with E-state index < -0.39 is 0 Å². The van der Waals surface area contributed by atoms with Crippen LogP contribution in [0.15, 0.2) is 22.7 Å². The molecule has 1 aromatic carbocycles. The number of benzene rings is 1. The zero-order valence-electron chi connectivity index (χ0n) is 10.9. The van der Waals surface area contributed by atoms with E-state index in [4.69, 9.17) is 0 Å². The first-order valence-electron chi connectivity index (χ1n) is 6.60. The van der Waals surface area contributed by atoms with Crippen LogP contribution < -0.4 is 5.32 Å². The summed E-state index contributed by atoms with van der Waals surface area (Å²) in [6.07, 6.45) is 1.04. The molecule has 3 rings (SSSR count). The standard InChI is InChI=1S/C14H16BrFN2O.ClH/c15-13-2-1-11(16)5-12(13)14(19)18-4-3-9-6-17-7-10(9)8-18;/h1-2,5,9-10,17H,3-4,6-8H2;1H. The summed E-state index contributed by atoms with van der Waals surface area (Å²) >= 11 is 3.33. The molecule has 2 fully saturated rings. The summed E-state index contributed by atoms with van der Waals surface area (Å²) in [5.41, 5.74) is 0.421. The third-order valence-corrected chi connectivity index (χ3v) is 4.84. The highest BCUT2D eigenvalue weighted by Crippen LogP contribution is 2.28. The average Bonchev–Trinajstić information content (AvgIpc) is 2.88. The summed E-state index contributed by atoms with van der Waals surface area (Å²) < 4.78 is 13.9. The SMILES string of the molecule is Cl.O=C(c1cc(F)ccc1Br)N1CCC2CNCC2C1. The first kappa shape index (κ1) is 15.7. The van der Waals surface area contributed by atoms with E-state index in [0.29, 0.717) is 21.9 Å². The number of amides is 1. The quantitative estimate of drug-likeness (QED) is 0.832. The van der Waals surface area contributed by atoms with Crippen LogP contribution in [0.5, 0.6) is 0 Å². The fourth-order valence-electron chi connectivity index (χ4n) is 3.05. The molecular formula is C14H17BrClFN2O. The molecule has 0 bridgehead atoms. The Labute approximate surface area is 132 Å². The van der Waals surface area contributed by atoms with Crippen molar-refractivity contribution in [1.29, 1.82) is 0 Å². The molecule has 0 aliphatic carbocycles. The number of hydrogen-bond donors (Lipinski definition) is 1. The fraction of sp³-hybridized carbons (Fsp3) is 0.500. The van der Waals surface area contributed by atoms with Gasteiger partial charge in [0.25, 0.3) is 5.91 Å². The lowest BCUT2D eigenvalue weighted by Crippen LogP contribution is -2.43. The number of fused-ring (bicyclic) bond motifs is 1. The minimum absolute atomic E-state index is 0. The number of carbonyl (C=O) groups is 1. The largest absolute Gasteiger partial charge is 0.338 e. The van der Waals surface area contributed by atoms with Crippen LogP contribution in [-0.4, -0.2) is 37.0 Å². The lowest BCUT2D eigenvalue weighted by molar-refractivity contribution is 0.0641. The zero-order chi connectivity index (χ0) is 13.4. The Morgan fingerprint density at radius 2 is 2.10 bits per heavy atom. The molecule has 0 spiro atoms. The molecule has 1 amide bonds. The van der Waals surface area contributed by atoms with Crippen LogP contribution in [0.4, 0.5) is 4.39 Å². The maximum absolute atomic E-state index is 13.3. The highest BCUT2D eigenvalue weighted by atomic mass is 79.9. The first-order valence-corrected chi connectivity index (χ1v) is 7.39. The van der Waals surface area contributed by atoms with Crippen LogP contribution in [0.3, 0.4) is 0 Å². The van der Waals surface area contributed by atoms with E-state index in [-0.39, 0.29) is 24.1 Å². The van der Waals surface area contributed by atoms with Gasteiger partial charge in [-0.1, -0.05) is 0 Å². The maximum atomic E-state index is 13.3. The number of rotatable bonds is 1. The first-order chi connectivity index (χ1) is 9.15. The number of hydrogen-bond acceptors (Lipinski definition) is 2. The predicted octanol–water partition coefficient (Wildman–Crippen LogP) is 2.69. The molecule has 6 heteroatoms. The van der Waals surface area contributed by atoms with Crippen molar-refractivity contribution in [3.05, 3.63) is 34.1 Å². The van der Waals surface area contributed by atoms with Gasteiger partial charge < -0.3 is 10.2 Å². The average molecular weight is 364 g/mol. The minimum atomic E-state index is -0.371. The third-order valence-electron chi connectivity index (χ3n) is 4.15. The van der Waals surface area contributed by atoms with Gasteiger partial charge in [-0.15, -0.1) is 12.4 Å². The van der Waals surface area contributed by atoms with Crippen molar-refractivity contribution in [3.63, 3.8) is 0 Å². The predicted molar refractivity (Wildman–Crippen MR) is 81.7 cm³/mol. The lowest BCUT2D eigenvalue weighted by atomic mass is 9.88. The lowest BCUT2D eigenvalue weighted by Gasteiger charge is -2.34. The molecule has 2 aliphatic heterocycles. The molecule has 2 saturated heterocycles. The molecular weight excluding hydrogens is 347 g/mol. The number of likely N-dealkylation sites (tertiary alicyclic amines) is 1. The van der Waals surface area contributed by atoms with Crippen molar-refractivity contribution in [3.8, 4) is 0 Å². The molecule has 1 aromatic rings. The molecule has 2 atom stereocenters. The summed E-state index contributed by atoms with van der Waals surface area (Å²) in [6.45, 7) is 3.60. The maximum Gasteiger partial charge on any atom is 0.255 e. The number of nitrogens with zero attached hydrogens (tertiary/aromatic N) is 1. The van der Waals surface area contributed by atoms with E-state index >= 15 is 0 Å². The summed E-state index contributed by atoms with van der Waals surface area (Å²) in [5.74, 6) is 0.797. The van der Waals surface area contributed by atoms with Gasteiger partial charge in [-0.3, -0.25) is 4.79 Å². The molecule has 20 heavy (non-hydrogen) atoms. The Balaban J connectivity index is 0.00000147. The summed E-state index contributed by atoms with van der Waals surface area (Å²) in [4.78, 5) is 14.3. The molecule has 1 N–H and O–H groups in total. The smallest absolute Gasteiger partial charge is 0.255 e. The normalized spacial score (nSPS) is 25.0. The van der Waals surface area contributed by atoms with Gasteiger partial charge in [-0.25, -0.2) is 4.39 Å². The van der Waals surface area contributed by atoms with Gasteiger partial charge in [0, 0.05) is 17.6 Å². The molecule has 2 heterocycles. The van der Waals surface area contributed by atoms with Gasteiger partial charge in [0.2, 0.25) is 0 Å². The zero-order valence-corrected chi connectivity index (χ0v) is 13.3. The molecule has 2 unspecified atom stereocenters. The van der Waals surface area contributed by atoms with Gasteiger partial charge in [0.15, 0.2) is 0 Å². The van der Waals surface area contributed by atoms with Crippen LogP contribution in [0.2, 0.25) is 0 Å². The highest BCUT2D eigenvalue weighted by Gasteiger charge is 2.35. The summed E-state index contributed by atoms with van der Waals surface area (Å²) in [6, 6.07) is 4.26. The van der Waals surface area contributed by atoms with E-state index in [1.165, 1.54) is 12.1 Å². The van der Waals surface area contributed by atoms with Crippen molar-refractivity contribution in [1.82, 2.24) is 10.2 Å². The number of halogens is 3. The number of nitrogens with one attached hydrogen (secondary N) is 1. The van der Waals surface area contributed by atoms with E-state index in [1.807, 2.05) is 4.90 Å². The van der Waals surface area contributed by atoms with Gasteiger partial charge in [-0.2, -0.15) is 0 Å². The Hall–Kier alpha value is -0.650. The monoisotopic (exact) mass is 362 g/mol. The van der Waals surface area contributed by atoms with Crippen molar-refractivity contribution < 1.29 is 9.18 Å². The van der Waals surface area contributed by atoms with Crippen molar-refractivity contribution in [2.75, 3.05) is 26.2 Å². The van der Waals surface area contributed by atoms with Crippen LogP contribution in [-0.2, 0) is 0 Å². The van der Waals surface area contributed by atoms with Crippen molar-refractivity contribution >= 4 is 34.2 Å². The van der Waals surface area contributed by atoms with Crippen LogP contribution in [0.1, 0.15) is 16.8 Å². The Morgan fingerprint density at radius 3 is 2.90 bits per heavy atom. The van der Waals surface area contributed by atoms with Crippen molar-refractivity contribution in [2.24, 2.45) is 11.8 Å². The van der Waals surface area contributed by atoms with Crippen LogP contribution in [0, 0.1) is 17.7 Å². The van der Waals surface area contributed by atoms with E-state index in [1.54, 1.807) is 6.07 Å². The summed E-state index contributed by atoms with van der Waals surface area (Å²) in [7, 11) is 0. The second-order valence-electron chi connectivity index (χ2n) is 5.34. The van der Waals surface area contributed by atoms with Gasteiger partial charge in [0.05, 0.1) is 5.56 Å². The molecule has 110 valence electrons. The van der Waals surface area contributed by atoms with Gasteiger partial charge in [0.1, 0.15) is 5.82 Å². The molecule has 2 aliphatic rings. The Kier molecular flexibility index (Phi) is 5.04. The molecule has 0 aromatic heterocycles. The minimum Gasteiger partial charge on any atom is -0.338 e. The summed E-state index contributed by atoms with van der Waals surface area (Å²) in [5, 5.41) is 3.38. The highest BCUT2D eigenvalue weighted by molar-refractivity contribution is 9.10. The second-order valence-corrected chi connectivity index (χ2v) is 6.20. The van der Waals surface area contributed by atoms with Gasteiger partial charge in [-0.05, 0) is 65.5 Å². The third kappa shape index (κ3) is 3.00. The number of carbonyl (C=O) groups excluding carboxylic acids is 1.